The molecule has 0 bridgehead atoms. The van der Waals surface area contributed by atoms with Crippen molar-refractivity contribution in [3.63, 3.8) is 0 Å². The van der Waals surface area contributed by atoms with Gasteiger partial charge in [0.05, 0.1) is 25.3 Å². The van der Waals surface area contributed by atoms with Gasteiger partial charge < -0.3 is 19.4 Å². The summed E-state index contributed by atoms with van der Waals surface area (Å²) in [6, 6.07) is 8.56. The molecule has 0 fully saturated rings. The molecule has 25 heavy (non-hydrogen) atoms. The smallest absolute Gasteiger partial charge is 0.337 e. The number of nitrogens with zero attached hydrogens (tertiary/aromatic N) is 1. The van der Waals surface area contributed by atoms with Gasteiger partial charge in [0.2, 0.25) is 5.91 Å². The van der Waals surface area contributed by atoms with Gasteiger partial charge in [0.15, 0.2) is 0 Å². The zero-order chi connectivity index (χ0) is 18.4. The van der Waals surface area contributed by atoms with Crippen molar-refractivity contribution in [1.29, 1.82) is 0 Å². The number of hydrogen-bond donors (Lipinski definition) is 1. The van der Waals surface area contributed by atoms with Gasteiger partial charge in [-0.1, -0.05) is 6.07 Å². The summed E-state index contributed by atoms with van der Waals surface area (Å²) in [5.41, 5.74) is 0.0450. The summed E-state index contributed by atoms with van der Waals surface area (Å²) in [5, 5.41) is 2.54. The number of ether oxygens (including phenoxy) is 2. The highest BCUT2D eigenvalue weighted by atomic mass is 16.5. The van der Waals surface area contributed by atoms with Crippen molar-refractivity contribution in [3.8, 4) is 0 Å². The molecule has 1 aromatic heterocycles. The average Bonchev–Trinajstić information content (AvgIpc) is 2.61. The van der Waals surface area contributed by atoms with Gasteiger partial charge in [-0.15, -0.1) is 0 Å². The molecule has 1 aromatic carbocycles. The SMILES string of the molecule is COC(=O)c1cc(NC(=O)Cn2ccccc2=O)cc(C(=O)OC)c1. The molecule has 2 aromatic rings. The maximum atomic E-state index is 12.1. The lowest BCUT2D eigenvalue weighted by atomic mass is 10.1. The molecule has 8 heteroatoms. The first kappa shape index (κ1) is 17.9. The lowest BCUT2D eigenvalue weighted by Crippen LogP contribution is -2.26. The van der Waals surface area contributed by atoms with Gasteiger partial charge in [-0.05, 0) is 24.3 Å². The summed E-state index contributed by atoms with van der Waals surface area (Å²) in [6.07, 6.45) is 1.48. The minimum atomic E-state index is -0.666. The number of esters is 2. The van der Waals surface area contributed by atoms with Crippen molar-refractivity contribution in [1.82, 2.24) is 4.57 Å². The van der Waals surface area contributed by atoms with E-state index in [1.54, 1.807) is 12.1 Å². The first-order valence-electron chi connectivity index (χ1n) is 7.21. The highest BCUT2D eigenvalue weighted by Crippen LogP contribution is 2.17. The Labute approximate surface area is 143 Å². The molecule has 8 nitrogen and oxygen atoms in total. The number of amides is 1. The van der Waals surface area contributed by atoms with E-state index in [0.29, 0.717) is 0 Å². The maximum absolute atomic E-state index is 12.1. The van der Waals surface area contributed by atoms with E-state index in [4.69, 9.17) is 0 Å². The van der Waals surface area contributed by atoms with Crippen molar-refractivity contribution >= 4 is 23.5 Å². The van der Waals surface area contributed by atoms with E-state index in [2.05, 4.69) is 14.8 Å². The van der Waals surface area contributed by atoms with Crippen LogP contribution < -0.4 is 10.9 Å². The number of hydrogen-bond acceptors (Lipinski definition) is 6. The predicted molar refractivity (Wildman–Crippen MR) is 88.5 cm³/mol. The predicted octanol–water partition coefficient (Wildman–Crippen LogP) is 1.06. The lowest BCUT2D eigenvalue weighted by molar-refractivity contribution is -0.116. The molecule has 0 spiro atoms. The third-order valence-corrected chi connectivity index (χ3v) is 3.27. The Balaban J connectivity index is 2.26. The number of pyridine rings is 1. The Morgan fingerprint density at radius 1 is 1.00 bits per heavy atom. The van der Waals surface area contributed by atoms with E-state index < -0.39 is 17.8 Å². The van der Waals surface area contributed by atoms with Gasteiger partial charge in [0, 0.05) is 18.0 Å². The van der Waals surface area contributed by atoms with Gasteiger partial charge in [-0.25, -0.2) is 9.59 Å². The normalized spacial score (nSPS) is 10.0. The standard InChI is InChI=1S/C17H16N2O6/c1-24-16(22)11-7-12(17(23)25-2)9-13(8-11)18-14(20)10-19-6-4-3-5-15(19)21/h3-9H,10H2,1-2H3,(H,18,20). The van der Waals surface area contributed by atoms with Crippen LogP contribution in [0.1, 0.15) is 20.7 Å². The van der Waals surface area contributed by atoms with Crippen LogP contribution in [0.3, 0.4) is 0 Å². The summed E-state index contributed by atoms with van der Waals surface area (Å²) in [6.45, 7) is -0.213. The largest absolute Gasteiger partial charge is 0.465 e. The van der Waals surface area contributed by atoms with Gasteiger partial charge in [0.25, 0.3) is 5.56 Å². The summed E-state index contributed by atoms with van der Waals surface area (Å²) >= 11 is 0. The number of nitrogens with one attached hydrogen (secondary N) is 1. The molecule has 2 rings (SSSR count). The molecule has 0 aliphatic heterocycles. The van der Waals surface area contributed by atoms with E-state index in [9.17, 15) is 19.2 Å². The van der Waals surface area contributed by atoms with Gasteiger partial charge >= 0.3 is 11.9 Å². The van der Waals surface area contributed by atoms with Crippen LogP contribution in [0.2, 0.25) is 0 Å². The van der Waals surface area contributed by atoms with Gasteiger partial charge in [-0.3, -0.25) is 9.59 Å². The fourth-order valence-electron chi connectivity index (χ4n) is 2.12. The van der Waals surface area contributed by atoms with Crippen LogP contribution in [-0.2, 0) is 20.8 Å². The second kappa shape index (κ2) is 7.91. The summed E-state index contributed by atoms with van der Waals surface area (Å²) in [5.74, 6) is -1.83. The fraction of sp³-hybridized carbons (Fsp3) is 0.176. The monoisotopic (exact) mass is 344 g/mol. The van der Waals surface area contributed by atoms with Crippen LogP contribution in [0.5, 0.6) is 0 Å². The van der Waals surface area contributed by atoms with Crippen LogP contribution in [0.4, 0.5) is 5.69 Å². The molecular formula is C17H16N2O6. The Kier molecular flexibility index (Phi) is 5.67. The van der Waals surface area contributed by atoms with Crippen molar-refractivity contribution in [3.05, 3.63) is 64.1 Å². The number of carbonyl (C=O) groups excluding carboxylic acids is 3. The van der Waals surface area contributed by atoms with Crippen LogP contribution in [0.25, 0.3) is 0 Å². The molecule has 0 radical (unpaired) electrons. The number of methoxy groups -OCH3 is 2. The van der Waals surface area contributed by atoms with Crippen molar-refractivity contribution in [2.75, 3.05) is 19.5 Å². The number of benzene rings is 1. The number of aromatic nitrogens is 1. The third kappa shape index (κ3) is 4.54. The average molecular weight is 344 g/mol. The maximum Gasteiger partial charge on any atom is 0.337 e. The van der Waals surface area contributed by atoms with E-state index in [1.807, 2.05) is 0 Å². The molecule has 0 aliphatic carbocycles. The highest BCUT2D eigenvalue weighted by molar-refractivity contribution is 5.99. The fourth-order valence-corrected chi connectivity index (χ4v) is 2.12. The van der Waals surface area contributed by atoms with Crippen LogP contribution >= 0.6 is 0 Å². The molecule has 1 N–H and O–H groups in total. The molecular weight excluding hydrogens is 328 g/mol. The second-order valence-electron chi connectivity index (χ2n) is 5.00. The zero-order valence-corrected chi connectivity index (χ0v) is 13.6. The lowest BCUT2D eigenvalue weighted by Gasteiger charge is -2.10. The molecule has 1 amide bonds. The Morgan fingerprint density at radius 2 is 1.60 bits per heavy atom. The molecule has 1 heterocycles. The van der Waals surface area contributed by atoms with E-state index >= 15 is 0 Å². The van der Waals surface area contributed by atoms with Crippen LogP contribution in [0.15, 0.2) is 47.4 Å². The van der Waals surface area contributed by atoms with E-state index in [0.717, 1.165) is 0 Å². The van der Waals surface area contributed by atoms with Gasteiger partial charge in [-0.2, -0.15) is 0 Å². The minimum absolute atomic E-state index is 0.0811. The molecule has 0 atom stereocenters. The van der Waals surface area contributed by atoms with Crippen LogP contribution in [0, 0.1) is 0 Å². The summed E-state index contributed by atoms with van der Waals surface area (Å²) in [4.78, 5) is 47.2. The molecule has 0 saturated heterocycles. The number of anilines is 1. The topological polar surface area (TPSA) is 104 Å². The molecule has 0 aliphatic rings. The van der Waals surface area contributed by atoms with E-state index in [1.165, 1.54) is 49.2 Å². The number of carbonyl (C=O) groups is 3. The molecule has 130 valence electrons. The van der Waals surface area contributed by atoms with Crippen molar-refractivity contribution < 1.29 is 23.9 Å². The molecule has 0 unspecified atom stereocenters. The quantitative estimate of drug-likeness (QED) is 0.814. The Morgan fingerprint density at radius 3 is 2.12 bits per heavy atom. The van der Waals surface area contributed by atoms with Crippen molar-refractivity contribution in [2.24, 2.45) is 0 Å². The highest BCUT2D eigenvalue weighted by Gasteiger charge is 2.15. The first-order valence-corrected chi connectivity index (χ1v) is 7.21. The van der Waals surface area contributed by atoms with Crippen LogP contribution in [-0.4, -0.2) is 36.6 Å². The second-order valence-corrected chi connectivity index (χ2v) is 5.00. The molecule has 0 saturated carbocycles. The van der Waals surface area contributed by atoms with E-state index in [-0.39, 0.29) is 28.9 Å². The zero-order valence-electron chi connectivity index (χ0n) is 13.6. The minimum Gasteiger partial charge on any atom is -0.465 e. The van der Waals surface area contributed by atoms with Crippen molar-refractivity contribution in [2.45, 2.75) is 6.54 Å². The third-order valence-electron chi connectivity index (χ3n) is 3.27. The summed E-state index contributed by atoms with van der Waals surface area (Å²) < 4.78 is 10.5. The first-order chi connectivity index (χ1) is 11.9. The summed E-state index contributed by atoms with van der Waals surface area (Å²) in [7, 11) is 2.40. The number of rotatable bonds is 5. The Bertz CT molecular complexity index is 837. The van der Waals surface area contributed by atoms with Gasteiger partial charge in [0.1, 0.15) is 6.54 Å². The Hall–Kier alpha value is -3.42.